The summed E-state index contributed by atoms with van der Waals surface area (Å²) in [5, 5.41) is 21.4. The van der Waals surface area contributed by atoms with Crippen molar-refractivity contribution >= 4 is 33.2 Å². The number of ether oxygens (including phenoxy) is 1. The number of carbonyl (C=O) groups excluding carboxylic acids is 1. The van der Waals surface area contributed by atoms with E-state index in [9.17, 15) is 23.4 Å². The summed E-state index contributed by atoms with van der Waals surface area (Å²) in [6, 6.07) is 11.3. The van der Waals surface area contributed by atoms with Crippen molar-refractivity contribution in [3.05, 3.63) is 70.3 Å². The first-order valence-electron chi connectivity index (χ1n) is 15.5. The molecule has 10 heteroatoms. The highest BCUT2D eigenvalue weighted by molar-refractivity contribution is 7.90. The molecule has 8 nitrogen and oxygen atoms in total. The van der Waals surface area contributed by atoms with Gasteiger partial charge in [0.15, 0.2) is 0 Å². The molecule has 0 saturated heterocycles. The van der Waals surface area contributed by atoms with Crippen LogP contribution in [0.2, 0.25) is 5.02 Å². The van der Waals surface area contributed by atoms with E-state index >= 15 is 0 Å². The predicted octanol–water partition coefficient (Wildman–Crippen LogP) is 4.36. The van der Waals surface area contributed by atoms with Gasteiger partial charge in [0.05, 0.1) is 29.8 Å². The van der Waals surface area contributed by atoms with Crippen LogP contribution in [-0.4, -0.2) is 61.7 Å². The zero-order valence-electron chi connectivity index (χ0n) is 24.1. The zero-order valence-corrected chi connectivity index (χ0v) is 25.7. The molecule has 7 atom stereocenters. The lowest BCUT2D eigenvalue weighted by atomic mass is 9.68. The number of nitrogens with one attached hydrogen (secondary N) is 1. The van der Waals surface area contributed by atoms with Gasteiger partial charge in [0, 0.05) is 29.1 Å². The summed E-state index contributed by atoms with van der Waals surface area (Å²) in [6.45, 7) is 1.85. The number of halogens is 1. The third kappa shape index (κ3) is 5.36. The van der Waals surface area contributed by atoms with Crippen molar-refractivity contribution in [2.24, 2.45) is 17.8 Å². The molecule has 43 heavy (non-hydrogen) atoms. The minimum Gasteiger partial charge on any atom is -0.490 e. The van der Waals surface area contributed by atoms with Crippen LogP contribution in [0.15, 0.2) is 48.6 Å². The fourth-order valence-corrected chi connectivity index (χ4v) is 10.2. The molecule has 1 spiro atoms. The Morgan fingerprint density at radius 3 is 2.74 bits per heavy atom. The van der Waals surface area contributed by atoms with Crippen molar-refractivity contribution in [2.45, 2.75) is 74.2 Å². The number of amides is 1. The standard InChI is InChI=1S/C33H39ClN2O6S/c34-24-8-10-27-20(13-24)4-2-12-33(27)18-36-17-23-6-9-26(23)29(38)5-1-3-21-14-25(37)16-31(21)43(40,41)35-32(39)22-7-11-30(42-19-33)28(36)15-22/h1,5,7-8,10-11,13,15,21,23,25-26,29,31,37-38H,2-4,6,9,12,14,16-19H2,(H,35,39)/b5-1-/t21-,23-,25-,26+,29-,31-,33-/m0/s1. The van der Waals surface area contributed by atoms with Crippen LogP contribution in [0.25, 0.3) is 0 Å². The number of hydrogen-bond acceptors (Lipinski definition) is 7. The van der Waals surface area contributed by atoms with Gasteiger partial charge in [-0.3, -0.25) is 4.79 Å². The normalized spacial score (nSPS) is 35.8. The van der Waals surface area contributed by atoms with Gasteiger partial charge < -0.3 is 19.8 Å². The molecule has 2 aromatic carbocycles. The predicted molar refractivity (Wildman–Crippen MR) is 165 cm³/mol. The summed E-state index contributed by atoms with van der Waals surface area (Å²) < 4.78 is 35.7. The zero-order chi connectivity index (χ0) is 29.9. The van der Waals surface area contributed by atoms with Crippen molar-refractivity contribution in [1.29, 1.82) is 0 Å². The maximum atomic E-state index is 13.5. The minimum absolute atomic E-state index is 0.0783. The lowest BCUT2D eigenvalue weighted by Gasteiger charge is -2.45. The fourth-order valence-electron chi connectivity index (χ4n) is 8.29. The molecule has 5 aliphatic rings. The third-order valence-electron chi connectivity index (χ3n) is 10.7. The fraction of sp³-hybridized carbons (Fsp3) is 0.545. The van der Waals surface area contributed by atoms with E-state index in [2.05, 4.69) is 21.8 Å². The van der Waals surface area contributed by atoms with E-state index in [1.165, 1.54) is 11.1 Å². The number of fused-ring (bicyclic) bond motifs is 5. The molecular formula is C33H39ClN2O6S. The van der Waals surface area contributed by atoms with E-state index < -0.39 is 33.4 Å². The first kappa shape index (κ1) is 29.1. The van der Waals surface area contributed by atoms with Crippen LogP contribution < -0.4 is 14.4 Å². The van der Waals surface area contributed by atoms with Gasteiger partial charge in [0.25, 0.3) is 5.91 Å². The van der Waals surface area contributed by atoms with Crippen molar-refractivity contribution in [3.8, 4) is 5.75 Å². The number of rotatable bonds is 0. The van der Waals surface area contributed by atoms with Gasteiger partial charge in [0.1, 0.15) is 5.75 Å². The van der Waals surface area contributed by atoms with E-state index in [4.69, 9.17) is 16.3 Å². The number of sulfonamides is 1. The molecule has 2 aliphatic heterocycles. The Morgan fingerprint density at radius 1 is 1.07 bits per heavy atom. The molecule has 0 aromatic heterocycles. The quantitative estimate of drug-likeness (QED) is 0.372. The summed E-state index contributed by atoms with van der Waals surface area (Å²) in [4.78, 5) is 15.8. The molecule has 2 bridgehead atoms. The van der Waals surface area contributed by atoms with E-state index in [1.807, 2.05) is 12.1 Å². The van der Waals surface area contributed by atoms with E-state index in [1.54, 1.807) is 24.3 Å². The van der Waals surface area contributed by atoms with Crippen LogP contribution in [0.4, 0.5) is 5.69 Å². The van der Waals surface area contributed by atoms with Crippen LogP contribution >= 0.6 is 11.6 Å². The SMILES string of the molecule is O=C1NS(=O)(=O)[C@H]2C[C@@H](O)C[C@@H]2C/C=C\[C@H](O)[C@@H]2CC[C@H]2CN2C[C@@]3(CCCc4cc(Cl)ccc43)COc3ccc1cc32. The second-order valence-electron chi connectivity index (χ2n) is 13.3. The average Bonchev–Trinajstić information content (AvgIpc) is 3.26. The number of benzene rings is 2. The van der Waals surface area contributed by atoms with Crippen molar-refractivity contribution in [3.63, 3.8) is 0 Å². The van der Waals surface area contributed by atoms with Crippen LogP contribution in [0, 0.1) is 17.8 Å². The largest absolute Gasteiger partial charge is 0.490 e. The van der Waals surface area contributed by atoms with Crippen molar-refractivity contribution < 1.29 is 28.2 Å². The number of aryl methyl sites for hydroxylation is 1. The topological polar surface area (TPSA) is 116 Å². The summed E-state index contributed by atoms with van der Waals surface area (Å²) in [6.07, 6.45) is 7.96. The van der Waals surface area contributed by atoms with Gasteiger partial charge >= 0.3 is 0 Å². The highest BCUT2D eigenvalue weighted by atomic mass is 35.5. The lowest BCUT2D eigenvalue weighted by molar-refractivity contribution is 0.0455. The molecule has 7 rings (SSSR count). The molecule has 2 heterocycles. The minimum atomic E-state index is -4.05. The molecule has 2 aromatic rings. The molecule has 0 radical (unpaired) electrons. The highest BCUT2D eigenvalue weighted by Crippen LogP contribution is 2.47. The molecule has 3 N–H and O–H groups in total. The average molecular weight is 627 g/mol. The molecule has 2 fully saturated rings. The number of allylic oxidation sites excluding steroid dienone is 1. The van der Waals surface area contributed by atoms with Gasteiger partial charge in [-0.05, 0) is 111 Å². The van der Waals surface area contributed by atoms with Gasteiger partial charge in [-0.15, -0.1) is 0 Å². The maximum absolute atomic E-state index is 13.5. The molecule has 2 saturated carbocycles. The Kier molecular flexibility index (Phi) is 7.51. The molecular weight excluding hydrogens is 588 g/mol. The van der Waals surface area contributed by atoms with Crippen molar-refractivity contribution in [2.75, 3.05) is 24.6 Å². The van der Waals surface area contributed by atoms with Crippen LogP contribution in [0.3, 0.4) is 0 Å². The monoisotopic (exact) mass is 626 g/mol. The first-order valence-corrected chi connectivity index (χ1v) is 17.4. The Hall–Kier alpha value is -2.59. The van der Waals surface area contributed by atoms with E-state index in [0.29, 0.717) is 38.3 Å². The van der Waals surface area contributed by atoms with Gasteiger partial charge in [-0.2, -0.15) is 0 Å². The summed E-state index contributed by atoms with van der Waals surface area (Å²) in [5.41, 5.74) is 3.22. The van der Waals surface area contributed by atoms with Gasteiger partial charge in [0.2, 0.25) is 10.0 Å². The number of aliphatic hydroxyl groups excluding tert-OH is 2. The Balaban J connectivity index is 1.29. The second kappa shape index (κ2) is 11.1. The Bertz CT molecular complexity index is 1560. The second-order valence-corrected chi connectivity index (χ2v) is 15.7. The highest BCUT2D eigenvalue weighted by Gasteiger charge is 2.45. The molecule has 230 valence electrons. The Labute approximate surface area is 258 Å². The molecule has 0 unspecified atom stereocenters. The number of anilines is 1. The van der Waals surface area contributed by atoms with E-state index in [-0.39, 0.29) is 35.2 Å². The summed E-state index contributed by atoms with van der Waals surface area (Å²) >= 11 is 6.38. The smallest absolute Gasteiger partial charge is 0.264 e. The number of aliphatic hydroxyl groups is 2. The van der Waals surface area contributed by atoms with Crippen LogP contribution in [-0.2, 0) is 21.9 Å². The van der Waals surface area contributed by atoms with E-state index in [0.717, 1.165) is 42.8 Å². The maximum Gasteiger partial charge on any atom is 0.264 e. The third-order valence-corrected chi connectivity index (χ3v) is 12.8. The molecule has 1 amide bonds. The summed E-state index contributed by atoms with van der Waals surface area (Å²) in [7, 11) is -4.05. The van der Waals surface area contributed by atoms with Crippen LogP contribution in [0.1, 0.15) is 66.4 Å². The first-order chi connectivity index (χ1) is 20.6. The lowest BCUT2D eigenvalue weighted by Crippen LogP contribution is -2.49. The number of hydrogen-bond donors (Lipinski definition) is 3. The van der Waals surface area contributed by atoms with Crippen LogP contribution in [0.5, 0.6) is 5.75 Å². The van der Waals surface area contributed by atoms with Gasteiger partial charge in [-0.1, -0.05) is 29.8 Å². The number of nitrogens with zero attached hydrogens (tertiary/aromatic N) is 1. The number of carbonyl (C=O) groups is 1. The van der Waals surface area contributed by atoms with Crippen molar-refractivity contribution in [1.82, 2.24) is 4.72 Å². The van der Waals surface area contributed by atoms with Gasteiger partial charge in [-0.25, -0.2) is 13.1 Å². The summed E-state index contributed by atoms with van der Waals surface area (Å²) in [5.74, 6) is -0.0183. The Morgan fingerprint density at radius 2 is 1.93 bits per heavy atom. The molecule has 3 aliphatic carbocycles.